The molecule has 2 aliphatic rings. The molecule has 1 N–H and O–H groups in total. The van der Waals surface area contributed by atoms with Crippen LogP contribution in [0.2, 0.25) is 0 Å². The van der Waals surface area contributed by atoms with Gasteiger partial charge in [-0.2, -0.15) is 0 Å². The highest BCUT2D eigenvalue weighted by atomic mass is 16.5. The van der Waals surface area contributed by atoms with Gasteiger partial charge in [-0.25, -0.2) is 4.98 Å². The third-order valence-electron chi connectivity index (χ3n) is 6.06. The topological polar surface area (TPSA) is 84.7 Å². The second-order valence-electron chi connectivity index (χ2n) is 8.35. The SMILES string of the molecule is CC1CCC(Oc2cc(CNC(=O)[C@@H]3CCCN3C(=O)c3ccco3)ccn2)CC1. The molecular weight excluding hydrogens is 382 g/mol. The van der Waals surface area contributed by atoms with Crippen LogP contribution in [0.3, 0.4) is 0 Å². The van der Waals surface area contributed by atoms with E-state index >= 15 is 0 Å². The van der Waals surface area contributed by atoms with E-state index in [1.807, 2.05) is 12.1 Å². The minimum atomic E-state index is -0.468. The van der Waals surface area contributed by atoms with Crippen molar-refractivity contribution in [1.29, 1.82) is 0 Å². The zero-order valence-corrected chi connectivity index (χ0v) is 17.4. The zero-order valence-electron chi connectivity index (χ0n) is 17.4. The summed E-state index contributed by atoms with van der Waals surface area (Å²) in [6.07, 6.45) is 9.36. The highest BCUT2D eigenvalue weighted by molar-refractivity contribution is 5.95. The molecule has 1 atom stereocenters. The van der Waals surface area contributed by atoms with E-state index in [1.54, 1.807) is 23.2 Å². The van der Waals surface area contributed by atoms with Crippen molar-refractivity contribution < 1.29 is 18.7 Å². The number of nitrogens with zero attached hydrogens (tertiary/aromatic N) is 2. The third-order valence-corrected chi connectivity index (χ3v) is 6.06. The molecule has 0 radical (unpaired) electrons. The molecule has 0 aromatic carbocycles. The van der Waals surface area contributed by atoms with Crippen LogP contribution in [0.25, 0.3) is 0 Å². The molecule has 0 spiro atoms. The average Bonchev–Trinajstić information content (AvgIpc) is 3.46. The predicted molar refractivity (Wildman–Crippen MR) is 111 cm³/mol. The Kier molecular flexibility index (Phi) is 6.35. The number of furan rings is 1. The van der Waals surface area contributed by atoms with E-state index in [0.29, 0.717) is 25.4 Å². The maximum absolute atomic E-state index is 12.8. The molecule has 160 valence electrons. The maximum Gasteiger partial charge on any atom is 0.290 e. The van der Waals surface area contributed by atoms with Crippen LogP contribution >= 0.6 is 0 Å². The number of carbonyl (C=O) groups is 2. The van der Waals surface area contributed by atoms with Gasteiger partial charge in [-0.05, 0) is 68.2 Å². The molecule has 1 saturated heterocycles. The lowest BCUT2D eigenvalue weighted by Gasteiger charge is -2.26. The molecule has 7 nitrogen and oxygen atoms in total. The van der Waals surface area contributed by atoms with Crippen LogP contribution in [0.4, 0.5) is 0 Å². The molecule has 1 aliphatic carbocycles. The summed E-state index contributed by atoms with van der Waals surface area (Å²) in [5.74, 6) is 1.26. The zero-order chi connectivity index (χ0) is 20.9. The molecule has 2 amide bonds. The summed E-state index contributed by atoms with van der Waals surface area (Å²) in [7, 11) is 0. The first-order chi connectivity index (χ1) is 14.6. The molecule has 30 heavy (non-hydrogen) atoms. The second kappa shape index (κ2) is 9.32. The van der Waals surface area contributed by atoms with E-state index in [4.69, 9.17) is 9.15 Å². The fourth-order valence-electron chi connectivity index (χ4n) is 4.27. The van der Waals surface area contributed by atoms with Crippen LogP contribution in [-0.4, -0.2) is 40.4 Å². The van der Waals surface area contributed by atoms with Gasteiger partial charge < -0.3 is 19.4 Å². The maximum atomic E-state index is 12.8. The van der Waals surface area contributed by atoms with Gasteiger partial charge in [-0.15, -0.1) is 0 Å². The van der Waals surface area contributed by atoms with Gasteiger partial charge in [0, 0.05) is 25.4 Å². The van der Waals surface area contributed by atoms with E-state index in [1.165, 1.54) is 19.1 Å². The summed E-state index contributed by atoms with van der Waals surface area (Å²) in [5.41, 5.74) is 0.930. The Morgan fingerprint density at radius 3 is 2.83 bits per heavy atom. The van der Waals surface area contributed by atoms with Crippen molar-refractivity contribution in [2.24, 2.45) is 5.92 Å². The van der Waals surface area contributed by atoms with E-state index in [9.17, 15) is 9.59 Å². The number of carbonyl (C=O) groups excluding carboxylic acids is 2. The lowest BCUT2D eigenvalue weighted by Crippen LogP contribution is -2.45. The highest BCUT2D eigenvalue weighted by Crippen LogP contribution is 2.27. The predicted octanol–water partition coefficient (Wildman–Crippen LogP) is 3.55. The smallest absolute Gasteiger partial charge is 0.290 e. The average molecular weight is 412 g/mol. The van der Waals surface area contributed by atoms with Crippen LogP contribution in [0.15, 0.2) is 41.1 Å². The van der Waals surface area contributed by atoms with Crippen molar-refractivity contribution in [2.75, 3.05) is 6.54 Å². The number of hydrogen-bond acceptors (Lipinski definition) is 5. The van der Waals surface area contributed by atoms with Gasteiger partial charge in [0.05, 0.1) is 6.26 Å². The van der Waals surface area contributed by atoms with Crippen molar-refractivity contribution in [3.63, 3.8) is 0 Å². The number of pyridine rings is 1. The first-order valence-electron chi connectivity index (χ1n) is 10.8. The second-order valence-corrected chi connectivity index (χ2v) is 8.35. The molecule has 0 bridgehead atoms. The molecule has 1 saturated carbocycles. The minimum absolute atomic E-state index is 0.145. The normalized spacial score (nSPS) is 23.9. The van der Waals surface area contributed by atoms with Crippen molar-refractivity contribution in [3.05, 3.63) is 48.0 Å². The van der Waals surface area contributed by atoms with Gasteiger partial charge in [0.25, 0.3) is 5.91 Å². The first kappa shape index (κ1) is 20.4. The molecule has 0 unspecified atom stereocenters. The lowest BCUT2D eigenvalue weighted by atomic mass is 9.89. The van der Waals surface area contributed by atoms with E-state index in [0.717, 1.165) is 30.7 Å². The number of amides is 2. The van der Waals surface area contributed by atoms with Gasteiger partial charge >= 0.3 is 0 Å². The van der Waals surface area contributed by atoms with Gasteiger partial charge in [-0.1, -0.05) is 6.92 Å². The number of ether oxygens (including phenoxy) is 1. The molecule has 3 heterocycles. The van der Waals surface area contributed by atoms with Crippen molar-refractivity contribution in [1.82, 2.24) is 15.2 Å². The number of hydrogen-bond donors (Lipinski definition) is 1. The number of likely N-dealkylation sites (tertiary alicyclic amines) is 1. The highest BCUT2D eigenvalue weighted by Gasteiger charge is 2.35. The number of nitrogens with one attached hydrogen (secondary N) is 1. The molecule has 2 aromatic heterocycles. The number of aromatic nitrogens is 1. The summed E-state index contributed by atoms with van der Waals surface area (Å²) in [6, 6.07) is 6.59. The minimum Gasteiger partial charge on any atom is -0.474 e. The van der Waals surface area contributed by atoms with Gasteiger partial charge in [-0.3, -0.25) is 9.59 Å². The van der Waals surface area contributed by atoms with E-state index < -0.39 is 6.04 Å². The summed E-state index contributed by atoms with van der Waals surface area (Å²) in [4.78, 5) is 31.3. The van der Waals surface area contributed by atoms with Crippen LogP contribution in [0, 0.1) is 5.92 Å². The number of rotatable bonds is 6. The van der Waals surface area contributed by atoms with Crippen LogP contribution < -0.4 is 10.1 Å². The Hall–Kier alpha value is -2.83. The van der Waals surface area contributed by atoms with Gasteiger partial charge in [0.15, 0.2) is 5.76 Å². The Balaban J connectivity index is 1.32. The fraction of sp³-hybridized carbons (Fsp3) is 0.522. The summed E-state index contributed by atoms with van der Waals surface area (Å²) in [6.45, 7) is 3.22. The summed E-state index contributed by atoms with van der Waals surface area (Å²) >= 11 is 0. The quantitative estimate of drug-likeness (QED) is 0.786. The fourth-order valence-corrected chi connectivity index (χ4v) is 4.27. The van der Waals surface area contributed by atoms with E-state index in [2.05, 4.69) is 17.2 Å². The molecule has 4 rings (SSSR count). The molecule has 2 aromatic rings. The third kappa shape index (κ3) is 4.83. The standard InChI is InChI=1S/C23H29N3O4/c1-16-6-8-18(9-7-16)30-21-14-17(10-11-24-21)15-25-22(27)19-4-2-12-26(19)23(28)20-5-3-13-29-20/h3,5,10-11,13-14,16,18-19H,2,4,6-9,12,15H2,1H3,(H,25,27)/t16?,18?,19-/m0/s1. The summed E-state index contributed by atoms with van der Waals surface area (Å²) < 4.78 is 11.3. The lowest BCUT2D eigenvalue weighted by molar-refractivity contribution is -0.125. The van der Waals surface area contributed by atoms with Crippen LogP contribution in [0.1, 0.15) is 61.6 Å². The largest absolute Gasteiger partial charge is 0.474 e. The molecule has 7 heteroatoms. The van der Waals surface area contributed by atoms with Crippen molar-refractivity contribution >= 4 is 11.8 Å². The Morgan fingerprint density at radius 2 is 2.07 bits per heavy atom. The Labute approximate surface area is 176 Å². The molecular formula is C23H29N3O4. The molecule has 2 fully saturated rings. The molecule has 1 aliphatic heterocycles. The van der Waals surface area contributed by atoms with Crippen molar-refractivity contribution in [2.45, 2.75) is 64.1 Å². The monoisotopic (exact) mass is 411 g/mol. The van der Waals surface area contributed by atoms with Crippen LogP contribution in [-0.2, 0) is 11.3 Å². The van der Waals surface area contributed by atoms with Gasteiger partial charge in [0.1, 0.15) is 12.1 Å². The van der Waals surface area contributed by atoms with Gasteiger partial charge in [0.2, 0.25) is 11.8 Å². The Bertz CT molecular complexity index is 859. The van der Waals surface area contributed by atoms with Crippen LogP contribution in [0.5, 0.6) is 5.88 Å². The van der Waals surface area contributed by atoms with Crippen molar-refractivity contribution in [3.8, 4) is 5.88 Å². The van der Waals surface area contributed by atoms with E-state index in [-0.39, 0.29) is 23.7 Å². The summed E-state index contributed by atoms with van der Waals surface area (Å²) in [5, 5.41) is 2.96. The Morgan fingerprint density at radius 1 is 1.23 bits per heavy atom. The first-order valence-corrected chi connectivity index (χ1v) is 10.8.